The molecule has 0 radical (unpaired) electrons. The minimum atomic E-state index is -1.19. The largest absolute Gasteiger partial charge is 0.503 e. The van der Waals surface area contributed by atoms with Crippen LogP contribution in [0, 0.1) is 17.5 Å². The summed E-state index contributed by atoms with van der Waals surface area (Å²) >= 11 is 0. The van der Waals surface area contributed by atoms with E-state index in [1.165, 1.54) is 9.47 Å². The molecule has 11 heteroatoms. The van der Waals surface area contributed by atoms with E-state index in [2.05, 4.69) is 5.32 Å². The highest BCUT2D eigenvalue weighted by atomic mass is 19.1. The maximum atomic E-state index is 13.8. The van der Waals surface area contributed by atoms with E-state index in [0.717, 1.165) is 19.0 Å². The van der Waals surface area contributed by atoms with Gasteiger partial charge in [-0.3, -0.25) is 14.4 Å². The van der Waals surface area contributed by atoms with Crippen molar-refractivity contribution < 1.29 is 32.6 Å². The lowest BCUT2D eigenvalue weighted by Crippen LogP contribution is -2.57. The third kappa shape index (κ3) is 3.15. The van der Waals surface area contributed by atoms with Crippen LogP contribution in [0.3, 0.4) is 0 Å². The number of rotatable bonds is 3. The molecule has 3 atom stereocenters. The molecule has 2 aliphatic heterocycles. The van der Waals surface area contributed by atoms with Crippen LogP contribution < -0.4 is 10.7 Å². The number of pyridine rings is 1. The third-order valence-electron chi connectivity index (χ3n) is 6.23. The fraction of sp³-hybridized carbons (Fsp3) is 0.381. The normalized spacial score (nSPS) is 23.7. The van der Waals surface area contributed by atoms with Gasteiger partial charge in [0.2, 0.25) is 5.43 Å². The van der Waals surface area contributed by atoms with Gasteiger partial charge in [-0.2, -0.15) is 0 Å². The van der Waals surface area contributed by atoms with E-state index in [0.29, 0.717) is 18.6 Å². The first-order chi connectivity index (χ1) is 15.2. The zero-order chi connectivity index (χ0) is 22.7. The Labute approximate surface area is 179 Å². The van der Waals surface area contributed by atoms with Crippen LogP contribution in [0.2, 0.25) is 0 Å². The van der Waals surface area contributed by atoms with E-state index in [-0.39, 0.29) is 24.4 Å². The van der Waals surface area contributed by atoms with E-state index < -0.39 is 64.3 Å². The lowest BCUT2D eigenvalue weighted by molar-refractivity contribution is -0.132. The molecule has 3 aliphatic rings. The van der Waals surface area contributed by atoms with Crippen LogP contribution in [0.15, 0.2) is 23.1 Å². The molecule has 3 heterocycles. The molecule has 2 aromatic rings. The summed E-state index contributed by atoms with van der Waals surface area (Å²) in [5, 5.41) is 12.6. The van der Waals surface area contributed by atoms with Gasteiger partial charge >= 0.3 is 0 Å². The topological polar surface area (TPSA) is 101 Å². The van der Waals surface area contributed by atoms with Crippen molar-refractivity contribution in [2.75, 3.05) is 0 Å². The van der Waals surface area contributed by atoms with Crippen molar-refractivity contribution in [2.45, 2.75) is 50.7 Å². The number of benzene rings is 1. The Kier molecular flexibility index (Phi) is 4.73. The van der Waals surface area contributed by atoms with Crippen LogP contribution >= 0.6 is 0 Å². The van der Waals surface area contributed by atoms with Crippen LogP contribution in [-0.2, 0) is 17.8 Å². The maximum absolute atomic E-state index is 13.8. The average Bonchev–Trinajstić information content (AvgIpc) is 3.10. The van der Waals surface area contributed by atoms with Crippen molar-refractivity contribution in [3.8, 4) is 5.75 Å². The second-order valence-electron chi connectivity index (χ2n) is 8.14. The van der Waals surface area contributed by atoms with E-state index >= 15 is 0 Å². The number of amides is 2. The number of aromatic nitrogens is 1. The summed E-state index contributed by atoms with van der Waals surface area (Å²) in [6.45, 7) is -0.538. The highest BCUT2D eigenvalue weighted by molar-refractivity contribution is 5.99. The molecule has 2 bridgehead atoms. The average molecular weight is 449 g/mol. The van der Waals surface area contributed by atoms with E-state index in [1.807, 2.05) is 0 Å². The maximum Gasteiger partial charge on any atom is 0.276 e. The molecule has 5 rings (SSSR count). The first kappa shape index (κ1) is 20.6. The summed E-state index contributed by atoms with van der Waals surface area (Å²) in [5.41, 5.74) is -2.40. The van der Waals surface area contributed by atoms with Gasteiger partial charge in [-0.25, -0.2) is 13.2 Å². The smallest absolute Gasteiger partial charge is 0.276 e. The third-order valence-corrected chi connectivity index (χ3v) is 6.23. The molecule has 1 aromatic heterocycles. The zero-order valence-electron chi connectivity index (χ0n) is 16.6. The number of hydrogen-bond donors (Lipinski definition) is 2. The van der Waals surface area contributed by atoms with Gasteiger partial charge in [0, 0.05) is 36.5 Å². The minimum absolute atomic E-state index is 0.0296. The summed E-state index contributed by atoms with van der Waals surface area (Å²) in [4.78, 5) is 39.7. The summed E-state index contributed by atoms with van der Waals surface area (Å²) < 4.78 is 47.9. The molecule has 8 nitrogen and oxygen atoms in total. The van der Waals surface area contributed by atoms with Crippen molar-refractivity contribution >= 4 is 11.8 Å². The Balaban J connectivity index is 1.44. The fourth-order valence-corrected chi connectivity index (χ4v) is 4.72. The molecule has 2 N–H and O–H groups in total. The Bertz CT molecular complexity index is 1190. The highest BCUT2D eigenvalue weighted by Gasteiger charge is 2.47. The minimum Gasteiger partial charge on any atom is -0.503 e. The van der Waals surface area contributed by atoms with Crippen molar-refractivity contribution in [1.29, 1.82) is 0 Å². The van der Waals surface area contributed by atoms with Crippen LogP contribution in [0.25, 0.3) is 0 Å². The van der Waals surface area contributed by atoms with E-state index in [9.17, 15) is 32.7 Å². The van der Waals surface area contributed by atoms with Gasteiger partial charge in [-0.15, -0.1) is 0 Å². The summed E-state index contributed by atoms with van der Waals surface area (Å²) in [6, 6.07) is 0.912. The second-order valence-corrected chi connectivity index (χ2v) is 8.14. The summed E-state index contributed by atoms with van der Waals surface area (Å²) in [6.07, 6.45) is 2.86. The number of nitrogens with one attached hydrogen (secondary N) is 1. The molecule has 2 amide bonds. The standard InChI is InChI=1S/C21H18F3N3O5/c22-9-3-14(23)12(15(24)4-9)6-25-20(30)13-7-26-8-16-27(10-1-2-11(5-10)32-16)21(31)17(26)19(29)18(13)28/h3-4,7,10-11,16,29H,1-2,5-6,8H2,(H,25,30)/t10-,11-,16?/m0/s1. The number of carbonyl (C=O) groups is 2. The van der Waals surface area contributed by atoms with Crippen molar-refractivity contribution in [2.24, 2.45) is 0 Å². The van der Waals surface area contributed by atoms with E-state index in [1.54, 1.807) is 0 Å². The molecule has 1 aromatic carbocycles. The van der Waals surface area contributed by atoms with Gasteiger partial charge in [0.05, 0.1) is 12.6 Å². The summed E-state index contributed by atoms with van der Waals surface area (Å²) in [5.74, 6) is -5.93. The van der Waals surface area contributed by atoms with Crippen molar-refractivity contribution in [3.63, 3.8) is 0 Å². The lowest BCUT2D eigenvalue weighted by atomic mass is 10.1. The second kappa shape index (κ2) is 7.37. The van der Waals surface area contributed by atoms with E-state index in [4.69, 9.17) is 4.74 Å². The van der Waals surface area contributed by atoms with Gasteiger partial charge in [-0.05, 0) is 19.3 Å². The molecule has 2 fully saturated rings. The number of aromatic hydroxyl groups is 1. The Morgan fingerprint density at radius 1 is 1.19 bits per heavy atom. The molecule has 32 heavy (non-hydrogen) atoms. The van der Waals surface area contributed by atoms with Gasteiger partial charge in [-0.1, -0.05) is 0 Å². The molecule has 1 saturated heterocycles. The predicted octanol–water partition coefficient (Wildman–Crippen LogP) is 1.63. The summed E-state index contributed by atoms with van der Waals surface area (Å²) in [7, 11) is 0. The van der Waals surface area contributed by atoms with Crippen LogP contribution in [0.5, 0.6) is 5.75 Å². The molecule has 1 aliphatic carbocycles. The zero-order valence-corrected chi connectivity index (χ0v) is 16.6. The number of hydrogen-bond acceptors (Lipinski definition) is 5. The Hall–Kier alpha value is -3.34. The number of ether oxygens (including phenoxy) is 1. The quantitative estimate of drug-likeness (QED) is 0.742. The van der Waals surface area contributed by atoms with Crippen molar-refractivity contribution in [3.05, 3.63) is 62.8 Å². The molecule has 168 valence electrons. The molecule has 0 spiro atoms. The number of carbonyl (C=O) groups excluding carboxylic acids is 2. The number of nitrogens with zero attached hydrogens (tertiary/aromatic N) is 2. The van der Waals surface area contributed by atoms with Crippen LogP contribution in [-0.4, -0.2) is 44.8 Å². The SMILES string of the molecule is O=C(NCc1c(F)cc(F)cc1F)c1cn2c(c(O)c1=O)C(=O)N1C(C2)O[C@H]2CC[C@H]1C2. The Morgan fingerprint density at radius 3 is 2.62 bits per heavy atom. The number of halogens is 3. The van der Waals surface area contributed by atoms with Gasteiger partial charge in [0.15, 0.2) is 17.7 Å². The van der Waals surface area contributed by atoms with Crippen LogP contribution in [0.4, 0.5) is 13.2 Å². The van der Waals surface area contributed by atoms with Crippen molar-refractivity contribution in [1.82, 2.24) is 14.8 Å². The molecule has 1 unspecified atom stereocenters. The van der Waals surface area contributed by atoms with Gasteiger partial charge in [0.1, 0.15) is 23.0 Å². The lowest BCUT2D eigenvalue weighted by Gasteiger charge is -2.44. The Morgan fingerprint density at radius 2 is 1.91 bits per heavy atom. The fourth-order valence-electron chi connectivity index (χ4n) is 4.72. The molecular formula is C21H18F3N3O5. The highest BCUT2D eigenvalue weighted by Crippen LogP contribution is 2.38. The number of fused-ring (bicyclic) bond motifs is 5. The first-order valence-corrected chi connectivity index (χ1v) is 10.1. The van der Waals surface area contributed by atoms with Gasteiger partial charge < -0.3 is 24.6 Å². The molecule has 1 saturated carbocycles. The van der Waals surface area contributed by atoms with Crippen LogP contribution in [0.1, 0.15) is 45.7 Å². The molecular weight excluding hydrogens is 431 g/mol. The monoisotopic (exact) mass is 449 g/mol. The first-order valence-electron chi connectivity index (χ1n) is 10.1. The van der Waals surface area contributed by atoms with Gasteiger partial charge in [0.25, 0.3) is 11.8 Å². The predicted molar refractivity (Wildman–Crippen MR) is 102 cm³/mol.